The fourth-order valence-electron chi connectivity index (χ4n) is 1.75. The van der Waals surface area contributed by atoms with Crippen LogP contribution in [-0.2, 0) is 23.1 Å². The van der Waals surface area contributed by atoms with Crippen LogP contribution < -0.4 is 10.5 Å². The van der Waals surface area contributed by atoms with E-state index >= 15 is 0 Å². The summed E-state index contributed by atoms with van der Waals surface area (Å²) in [5, 5.41) is 3.93. The van der Waals surface area contributed by atoms with E-state index in [0.29, 0.717) is 26.1 Å². The maximum atomic E-state index is 12.1. The number of nitrogens with zero attached hydrogens (tertiary/aromatic N) is 4. The molecule has 0 saturated carbocycles. The van der Waals surface area contributed by atoms with Gasteiger partial charge < -0.3 is 10.3 Å². The highest BCUT2D eigenvalue weighted by Crippen LogP contribution is 2.15. The molecule has 110 valence electrons. The standard InChI is InChI=1S/C11H18N6O2S/c1-2-17-8-10(11(12)15-17)20(18,19)14-4-3-6-16-7-5-13-9-16/h5,7-9,14H,2-4,6H2,1H3,(H2,12,15). The summed E-state index contributed by atoms with van der Waals surface area (Å²) in [6.07, 6.45) is 7.31. The lowest BCUT2D eigenvalue weighted by Gasteiger charge is -2.05. The number of anilines is 1. The van der Waals surface area contributed by atoms with Gasteiger partial charge in [0.15, 0.2) is 5.82 Å². The molecule has 0 saturated heterocycles. The minimum atomic E-state index is -3.60. The van der Waals surface area contributed by atoms with Crippen molar-refractivity contribution in [3.63, 3.8) is 0 Å². The molecule has 2 heterocycles. The second-order valence-electron chi connectivity index (χ2n) is 4.29. The fraction of sp³-hybridized carbons (Fsp3) is 0.455. The highest BCUT2D eigenvalue weighted by molar-refractivity contribution is 7.89. The van der Waals surface area contributed by atoms with E-state index in [9.17, 15) is 8.42 Å². The van der Waals surface area contributed by atoms with E-state index in [0.717, 1.165) is 0 Å². The molecule has 0 unspecified atom stereocenters. The van der Waals surface area contributed by atoms with Gasteiger partial charge in [-0.3, -0.25) is 4.68 Å². The second-order valence-corrected chi connectivity index (χ2v) is 6.02. The number of sulfonamides is 1. The number of aromatic nitrogens is 4. The Morgan fingerprint density at radius 1 is 1.45 bits per heavy atom. The number of nitrogens with one attached hydrogen (secondary N) is 1. The Kier molecular flexibility index (Phi) is 4.40. The summed E-state index contributed by atoms with van der Waals surface area (Å²) >= 11 is 0. The summed E-state index contributed by atoms with van der Waals surface area (Å²) in [5.41, 5.74) is 5.62. The van der Waals surface area contributed by atoms with Crippen molar-refractivity contribution >= 4 is 15.8 Å². The van der Waals surface area contributed by atoms with Crippen molar-refractivity contribution in [2.24, 2.45) is 0 Å². The first kappa shape index (κ1) is 14.5. The van der Waals surface area contributed by atoms with Gasteiger partial charge in [0.2, 0.25) is 10.0 Å². The van der Waals surface area contributed by atoms with E-state index in [-0.39, 0.29) is 10.7 Å². The fourth-order valence-corrected chi connectivity index (χ4v) is 2.90. The number of nitrogen functional groups attached to an aromatic ring is 1. The quantitative estimate of drug-likeness (QED) is 0.702. The van der Waals surface area contributed by atoms with Gasteiger partial charge in [-0.05, 0) is 13.3 Å². The normalized spacial score (nSPS) is 11.8. The average Bonchev–Trinajstić information content (AvgIpc) is 3.04. The average molecular weight is 298 g/mol. The Morgan fingerprint density at radius 3 is 2.85 bits per heavy atom. The van der Waals surface area contributed by atoms with Crippen molar-refractivity contribution < 1.29 is 8.42 Å². The number of imidazole rings is 1. The molecule has 0 aromatic carbocycles. The number of hydrogen-bond donors (Lipinski definition) is 2. The van der Waals surface area contributed by atoms with E-state index in [1.165, 1.54) is 10.9 Å². The molecule has 2 aromatic heterocycles. The third-order valence-electron chi connectivity index (χ3n) is 2.81. The molecule has 2 rings (SSSR count). The molecule has 0 amide bonds. The van der Waals surface area contributed by atoms with Crippen LogP contribution in [0.2, 0.25) is 0 Å². The molecule has 0 aliphatic carbocycles. The lowest BCUT2D eigenvalue weighted by molar-refractivity contribution is 0.569. The van der Waals surface area contributed by atoms with Crippen LogP contribution in [0.3, 0.4) is 0 Å². The predicted molar refractivity (Wildman–Crippen MR) is 74.3 cm³/mol. The first-order valence-electron chi connectivity index (χ1n) is 6.31. The van der Waals surface area contributed by atoms with Gasteiger partial charge in [0.05, 0.1) is 6.33 Å². The highest BCUT2D eigenvalue weighted by atomic mass is 32.2. The topological polar surface area (TPSA) is 108 Å². The van der Waals surface area contributed by atoms with Crippen molar-refractivity contribution in [3.8, 4) is 0 Å². The SMILES string of the molecule is CCn1cc(S(=O)(=O)NCCCn2ccnc2)c(N)n1. The molecular weight excluding hydrogens is 280 g/mol. The third kappa shape index (κ3) is 3.36. The molecule has 8 nitrogen and oxygen atoms in total. The zero-order valence-corrected chi connectivity index (χ0v) is 12.0. The second kappa shape index (κ2) is 6.06. The van der Waals surface area contributed by atoms with E-state index < -0.39 is 10.0 Å². The minimum Gasteiger partial charge on any atom is -0.381 e. The van der Waals surface area contributed by atoms with Gasteiger partial charge in [0, 0.05) is 38.2 Å². The van der Waals surface area contributed by atoms with Gasteiger partial charge >= 0.3 is 0 Å². The molecule has 0 fully saturated rings. The molecule has 0 aliphatic rings. The maximum Gasteiger partial charge on any atom is 0.245 e. The van der Waals surface area contributed by atoms with Crippen LogP contribution in [0.1, 0.15) is 13.3 Å². The van der Waals surface area contributed by atoms with E-state index in [1.54, 1.807) is 12.5 Å². The van der Waals surface area contributed by atoms with Crippen molar-refractivity contribution in [3.05, 3.63) is 24.9 Å². The number of rotatable bonds is 7. The molecule has 2 aromatic rings. The molecule has 0 spiro atoms. The smallest absolute Gasteiger partial charge is 0.245 e. The van der Waals surface area contributed by atoms with E-state index in [4.69, 9.17) is 5.73 Å². The number of hydrogen-bond acceptors (Lipinski definition) is 5. The molecule has 9 heteroatoms. The molecule has 0 radical (unpaired) electrons. The van der Waals surface area contributed by atoms with Gasteiger partial charge in [-0.15, -0.1) is 0 Å². The first-order chi connectivity index (χ1) is 9.53. The summed E-state index contributed by atoms with van der Waals surface area (Å²) in [4.78, 5) is 3.95. The molecule has 0 aliphatic heterocycles. The highest BCUT2D eigenvalue weighted by Gasteiger charge is 2.20. The van der Waals surface area contributed by atoms with Gasteiger partial charge in [-0.2, -0.15) is 5.10 Å². The minimum absolute atomic E-state index is 0.0222. The Hall–Kier alpha value is -1.87. The van der Waals surface area contributed by atoms with Crippen molar-refractivity contribution in [1.29, 1.82) is 0 Å². The number of nitrogens with two attached hydrogens (primary N) is 1. The summed E-state index contributed by atoms with van der Waals surface area (Å²) in [6, 6.07) is 0. The lowest BCUT2D eigenvalue weighted by Crippen LogP contribution is -2.26. The van der Waals surface area contributed by atoms with Gasteiger partial charge in [0.25, 0.3) is 0 Å². The van der Waals surface area contributed by atoms with Crippen LogP contribution in [0, 0.1) is 0 Å². The molecule has 20 heavy (non-hydrogen) atoms. The molecule has 0 bridgehead atoms. The third-order valence-corrected chi connectivity index (χ3v) is 4.29. The zero-order valence-electron chi connectivity index (χ0n) is 11.2. The maximum absolute atomic E-state index is 12.1. The van der Waals surface area contributed by atoms with Gasteiger partial charge in [-0.1, -0.05) is 0 Å². The Balaban J connectivity index is 1.91. The van der Waals surface area contributed by atoms with Crippen LogP contribution in [0.5, 0.6) is 0 Å². The lowest BCUT2D eigenvalue weighted by atomic mass is 10.4. The first-order valence-corrected chi connectivity index (χ1v) is 7.79. The monoisotopic (exact) mass is 298 g/mol. The Labute approximate surface area is 117 Å². The van der Waals surface area contributed by atoms with E-state index in [2.05, 4.69) is 14.8 Å². The van der Waals surface area contributed by atoms with Crippen LogP contribution in [-0.4, -0.2) is 34.3 Å². The largest absolute Gasteiger partial charge is 0.381 e. The van der Waals surface area contributed by atoms with Crippen molar-refractivity contribution in [1.82, 2.24) is 24.1 Å². The molecule has 0 atom stereocenters. The molecular formula is C11H18N6O2S. The summed E-state index contributed by atoms with van der Waals surface area (Å²) < 4.78 is 30.1. The predicted octanol–water partition coefficient (Wildman–Crippen LogP) is 0.0503. The van der Waals surface area contributed by atoms with Gasteiger partial charge in [0.1, 0.15) is 4.90 Å². The Bertz CT molecular complexity index is 647. The molecule has 3 N–H and O–H groups in total. The Morgan fingerprint density at radius 2 is 2.25 bits per heavy atom. The van der Waals surface area contributed by atoms with Crippen LogP contribution in [0.25, 0.3) is 0 Å². The summed E-state index contributed by atoms with van der Waals surface area (Å²) in [7, 11) is -3.60. The van der Waals surface area contributed by atoms with Crippen LogP contribution in [0.4, 0.5) is 5.82 Å². The summed E-state index contributed by atoms with van der Waals surface area (Å²) in [5.74, 6) is 0.0222. The van der Waals surface area contributed by atoms with Gasteiger partial charge in [-0.25, -0.2) is 18.1 Å². The van der Waals surface area contributed by atoms with Crippen LogP contribution >= 0.6 is 0 Å². The van der Waals surface area contributed by atoms with Crippen LogP contribution in [0.15, 0.2) is 29.8 Å². The van der Waals surface area contributed by atoms with Crippen molar-refractivity contribution in [2.45, 2.75) is 31.3 Å². The summed E-state index contributed by atoms with van der Waals surface area (Å²) in [6.45, 7) is 3.46. The van der Waals surface area contributed by atoms with E-state index in [1.807, 2.05) is 17.7 Å². The zero-order chi connectivity index (χ0) is 14.6. The number of aryl methyl sites for hydroxylation is 2. The van der Waals surface area contributed by atoms with Crippen molar-refractivity contribution in [2.75, 3.05) is 12.3 Å².